The topological polar surface area (TPSA) is 9.86 Å². The average molecular weight is 675 g/mol. The molecule has 0 N–H and O–H groups in total. The van der Waals surface area contributed by atoms with E-state index in [1.807, 2.05) is 0 Å². The van der Waals surface area contributed by atoms with Crippen molar-refractivity contribution < 1.29 is 0 Å². The fourth-order valence-electron chi connectivity index (χ4n) is 9.92. The van der Waals surface area contributed by atoms with Crippen LogP contribution < -0.4 is 0 Å². The van der Waals surface area contributed by atoms with E-state index in [4.69, 9.17) is 0 Å². The normalized spacial score (nSPS) is 13.6. The average Bonchev–Trinajstić information content (AvgIpc) is 3.80. The van der Waals surface area contributed by atoms with Gasteiger partial charge in [-0.1, -0.05) is 129 Å². The minimum Gasteiger partial charge on any atom is -0.309 e. The van der Waals surface area contributed by atoms with Crippen molar-refractivity contribution in [3.05, 3.63) is 181 Å². The van der Waals surface area contributed by atoms with Gasteiger partial charge in [0, 0.05) is 43.7 Å². The fraction of sp³-hybridized carbons (Fsp3) is 0.0588. The number of hydrogen-bond acceptors (Lipinski definition) is 0. The van der Waals surface area contributed by atoms with Crippen molar-refractivity contribution in [2.24, 2.45) is 0 Å². The Hall–Kier alpha value is -6.64. The molecule has 12 rings (SSSR count). The maximum atomic E-state index is 2.52. The van der Waals surface area contributed by atoms with E-state index in [0.717, 1.165) is 11.4 Å². The van der Waals surface area contributed by atoms with Crippen LogP contribution >= 0.6 is 0 Å². The molecule has 0 radical (unpaired) electrons. The molecule has 0 spiro atoms. The van der Waals surface area contributed by atoms with Crippen LogP contribution in [0.25, 0.3) is 98.4 Å². The highest BCUT2D eigenvalue weighted by atomic mass is 15.0. The molecule has 53 heavy (non-hydrogen) atoms. The molecule has 0 bridgehead atoms. The summed E-state index contributed by atoms with van der Waals surface area (Å²) in [4.78, 5) is 0. The molecule has 2 aromatic heterocycles. The highest BCUT2D eigenvalue weighted by Gasteiger charge is 2.36. The number of para-hydroxylation sites is 2. The Balaban J connectivity index is 1.20. The Morgan fingerprint density at radius 2 is 0.811 bits per heavy atom. The lowest BCUT2D eigenvalue weighted by Gasteiger charge is -2.21. The van der Waals surface area contributed by atoms with Gasteiger partial charge in [-0.2, -0.15) is 0 Å². The van der Waals surface area contributed by atoms with Gasteiger partial charge in [-0.15, -0.1) is 0 Å². The Kier molecular flexibility index (Phi) is 5.60. The van der Waals surface area contributed by atoms with Gasteiger partial charge < -0.3 is 9.13 Å². The Morgan fingerprint density at radius 3 is 1.45 bits per heavy atom. The van der Waals surface area contributed by atoms with E-state index in [1.54, 1.807) is 0 Å². The first-order valence-corrected chi connectivity index (χ1v) is 18.6. The van der Waals surface area contributed by atoms with Gasteiger partial charge in [0.15, 0.2) is 0 Å². The van der Waals surface area contributed by atoms with Gasteiger partial charge in [0.25, 0.3) is 0 Å². The fourth-order valence-corrected chi connectivity index (χ4v) is 9.92. The van der Waals surface area contributed by atoms with Crippen LogP contribution in [0.4, 0.5) is 0 Å². The molecule has 248 valence electrons. The predicted molar refractivity (Wildman–Crippen MR) is 225 cm³/mol. The molecule has 1 aliphatic carbocycles. The highest BCUT2D eigenvalue weighted by Crippen LogP contribution is 2.52. The number of hydrogen-bond donors (Lipinski definition) is 0. The molecule has 9 aromatic carbocycles. The largest absolute Gasteiger partial charge is 0.309 e. The van der Waals surface area contributed by atoms with Crippen molar-refractivity contribution >= 4 is 75.9 Å². The van der Waals surface area contributed by atoms with E-state index in [0.29, 0.717) is 0 Å². The lowest BCUT2D eigenvalue weighted by atomic mass is 9.82. The molecule has 0 aliphatic heterocycles. The van der Waals surface area contributed by atoms with Gasteiger partial charge in [-0.25, -0.2) is 0 Å². The summed E-state index contributed by atoms with van der Waals surface area (Å²) in [6.45, 7) is 4.76. The molecule has 2 nitrogen and oxygen atoms in total. The van der Waals surface area contributed by atoms with E-state index >= 15 is 0 Å². The van der Waals surface area contributed by atoms with Crippen LogP contribution in [-0.2, 0) is 5.41 Å². The van der Waals surface area contributed by atoms with Crippen LogP contribution in [0.5, 0.6) is 0 Å². The molecule has 1 aliphatic rings. The van der Waals surface area contributed by atoms with Crippen LogP contribution in [0.3, 0.4) is 0 Å². The molecule has 0 atom stereocenters. The Bertz CT molecular complexity index is 3260. The van der Waals surface area contributed by atoms with Gasteiger partial charge >= 0.3 is 0 Å². The minimum absolute atomic E-state index is 0.104. The van der Waals surface area contributed by atoms with Gasteiger partial charge in [0.1, 0.15) is 0 Å². The van der Waals surface area contributed by atoms with Crippen LogP contribution in [0, 0.1) is 0 Å². The van der Waals surface area contributed by atoms with Crippen LogP contribution in [0.2, 0.25) is 0 Å². The molecular weight excluding hydrogens is 641 g/mol. The van der Waals surface area contributed by atoms with Gasteiger partial charge in [-0.3, -0.25) is 0 Å². The predicted octanol–water partition coefficient (Wildman–Crippen LogP) is 13.6. The molecule has 0 fully saturated rings. The Morgan fingerprint density at radius 1 is 0.321 bits per heavy atom. The zero-order valence-electron chi connectivity index (χ0n) is 29.6. The van der Waals surface area contributed by atoms with Crippen molar-refractivity contribution in [1.82, 2.24) is 9.13 Å². The van der Waals surface area contributed by atoms with Crippen LogP contribution in [-0.4, -0.2) is 9.13 Å². The molecular formula is C51H34N2. The molecule has 2 heteroatoms. The summed E-state index contributed by atoms with van der Waals surface area (Å²) >= 11 is 0. The first-order valence-electron chi connectivity index (χ1n) is 18.6. The molecule has 2 heterocycles. The third-order valence-corrected chi connectivity index (χ3v) is 12.3. The maximum Gasteiger partial charge on any atom is 0.0547 e. The third kappa shape index (κ3) is 3.72. The van der Waals surface area contributed by atoms with E-state index in [9.17, 15) is 0 Å². The first-order chi connectivity index (χ1) is 26.1. The molecule has 0 unspecified atom stereocenters. The third-order valence-electron chi connectivity index (χ3n) is 12.3. The van der Waals surface area contributed by atoms with Gasteiger partial charge in [0.05, 0.1) is 22.1 Å². The highest BCUT2D eigenvalue weighted by molar-refractivity contribution is 6.35. The number of rotatable bonds is 2. The zero-order valence-corrected chi connectivity index (χ0v) is 29.6. The number of aromatic nitrogens is 2. The number of benzene rings is 9. The maximum absolute atomic E-state index is 2.52. The lowest BCUT2D eigenvalue weighted by Crippen LogP contribution is -2.14. The summed E-state index contributed by atoms with van der Waals surface area (Å²) in [7, 11) is 0. The summed E-state index contributed by atoms with van der Waals surface area (Å²) < 4.78 is 4.92. The SMILES string of the molecule is CC1(C)c2ccccc2-c2cc3c4c5c6ccccc6c6ccccc6c5ccc4n(-c4ccc(-n5c6ccccc6c6ccccc65)cc4)c3cc21. The van der Waals surface area contributed by atoms with E-state index < -0.39 is 0 Å². The minimum atomic E-state index is -0.104. The van der Waals surface area contributed by atoms with Crippen molar-refractivity contribution in [1.29, 1.82) is 0 Å². The van der Waals surface area contributed by atoms with Crippen LogP contribution in [0.15, 0.2) is 170 Å². The zero-order chi connectivity index (χ0) is 35.0. The standard InChI is InChI=1S/C51H34N2/c1-51(2)43-20-10-7-16-36(43)41-29-42-48(30-44(41)51)53(32-25-23-31(24-26-32)52-45-21-11-8-17-37(45)38-18-9-12-22-46(38)52)47-28-27-40-35-15-4-3-13-33(35)34-14-5-6-19-39(34)49(40)50(42)47/h3-30H,1-2H3. The second-order valence-electron chi connectivity index (χ2n) is 15.3. The lowest BCUT2D eigenvalue weighted by molar-refractivity contribution is 0.661. The molecule has 0 saturated heterocycles. The summed E-state index contributed by atoms with van der Waals surface area (Å²) in [5.41, 5.74) is 12.6. The van der Waals surface area contributed by atoms with Crippen molar-refractivity contribution in [2.75, 3.05) is 0 Å². The van der Waals surface area contributed by atoms with Crippen molar-refractivity contribution in [3.63, 3.8) is 0 Å². The first kappa shape index (κ1) is 29.0. The van der Waals surface area contributed by atoms with E-state index in [2.05, 4.69) is 193 Å². The summed E-state index contributed by atoms with van der Waals surface area (Å²) in [5.74, 6) is 0. The second kappa shape index (κ2) is 10.2. The molecule has 11 aromatic rings. The quantitative estimate of drug-likeness (QED) is 0.162. The summed E-state index contributed by atoms with van der Waals surface area (Å²) in [6.07, 6.45) is 0. The van der Waals surface area contributed by atoms with Crippen molar-refractivity contribution in [3.8, 4) is 22.5 Å². The summed E-state index contributed by atoms with van der Waals surface area (Å²) in [6, 6.07) is 63.3. The van der Waals surface area contributed by atoms with E-state index in [-0.39, 0.29) is 5.41 Å². The van der Waals surface area contributed by atoms with Gasteiger partial charge in [-0.05, 0) is 104 Å². The van der Waals surface area contributed by atoms with Crippen molar-refractivity contribution in [2.45, 2.75) is 19.3 Å². The number of fused-ring (bicyclic) bond motifs is 16. The van der Waals surface area contributed by atoms with E-state index in [1.165, 1.54) is 98.2 Å². The molecule has 0 saturated carbocycles. The smallest absolute Gasteiger partial charge is 0.0547 e. The molecule has 0 amide bonds. The van der Waals surface area contributed by atoms with Gasteiger partial charge in [0.2, 0.25) is 0 Å². The van der Waals surface area contributed by atoms with Crippen LogP contribution in [0.1, 0.15) is 25.0 Å². The summed E-state index contributed by atoms with van der Waals surface area (Å²) in [5, 5.41) is 13.0. The number of nitrogens with zero attached hydrogens (tertiary/aromatic N) is 2. The second-order valence-corrected chi connectivity index (χ2v) is 15.3. The Labute approximate surface area is 306 Å². The monoisotopic (exact) mass is 674 g/mol.